The third-order valence-corrected chi connectivity index (χ3v) is 5.83. The predicted octanol–water partition coefficient (Wildman–Crippen LogP) is 2.44. The molecule has 1 spiro atoms. The first-order valence-corrected chi connectivity index (χ1v) is 9.73. The second-order valence-corrected chi connectivity index (χ2v) is 7.62. The van der Waals surface area contributed by atoms with Gasteiger partial charge in [-0.25, -0.2) is 4.98 Å². The summed E-state index contributed by atoms with van der Waals surface area (Å²) >= 11 is 0. The molecule has 0 bridgehead atoms. The van der Waals surface area contributed by atoms with Gasteiger partial charge in [0.05, 0.1) is 5.41 Å². The second kappa shape index (κ2) is 6.81. The van der Waals surface area contributed by atoms with E-state index in [4.69, 9.17) is 0 Å². The van der Waals surface area contributed by atoms with Crippen molar-refractivity contribution in [1.82, 2.24) is 15.3 Å². The third-order valence-electron chi connectivity index (χ3n) is 5.83. The van der Waals surface area contributed by atoms with Crippen LogP contribution in [0.15, 0.2) is 60.9 Å². The Kier molecular flexibility index (Phi) is 4.12. The van der Waals surface area contributed by atoms with Gasteiger partial charge in [-0.2, -0.15) is 0 Å². The van der Waals surface area contributed by atoms with Gasteiger partial charge in [-0.3, -0.25) is 14.6 Å². The molecule has 1 aliphatic carbocycles. The van der Waals surface area contributed by atoms with Gasteiger partial charge >= 0.3 is 0 Å². The molecule has 1 atom stereocenters. The van der Waals surface area contributed by atoms with Crippen molar-refractivity contribution < 1.29 is 9.59 Å². The minimum atomic E-state index is -0.643. The fourth-order valence-corrected chi connectivity index (χ4v) is 4.33. The molecular formula is C23H20N4O2. The number of carbonyl (C=O) groups is 2. The van der Waals surface area contributed by atoms with Crippen LogP contribution in [0.5, 0.6) is 0 Å². The van der Waals surface area contributed by atoms with Gasteiger partial charge in [0.15, 0.2) is 0 Å². The molecule has 3 aromatic rings. The van der Waals surface area contributed by atoms with Gasteiger partial charge in [0, 0.05) is 24.5 Å². The van der Waals surface area contributed by atoms with Gasteiger partial charge in [-0.1, -0.05) is 36.4 Å². The van der Waals surface area contributed by atoms with Gasteiger partial charge in [0.1, 0.15) is 11.5 Å². The zero-order chi connectivity index (χ0) is 19.8. The van der Waals surface area contributed by atoms with Crippen molar-refractivity contribution in [1.29, 1.82) is 0 Å². The normalized spacial score (nSPS) is 19.0. The largest absolute Gasteiger partial charge is 0.350 e. The average molecular weight is 384 g/mol. The average Bonchev–Trinajstić information content (AvgIpc) is 3.26. The van der Waals surface area contributed by atoms with Gasteiger partial charge in [-0.15, -0.1) is 0 Å². The lowest BCUT2D eigenvalue weighted by atomic mass is 9.79. The van der Waals surface area contributed by atoms with Crippen LogP contribution in [-0.2, 0) is 29.5 Å². The van der Waals surface area contributed by atoms with E-state index in [0.717, 1.165) is 23.1 Å². The van der Waals surface area contributed by atoms with E-state index in [2.05, 4.69) is 20.6 Å². The van der Waals surface area contributed by atoms with Crippen LogP contribution in [0.3, 0.4) is 0 Å². The van der Waals surface area contributed by atoms with Crippen molar-refractivity contribution >= 4 is 17.6 Å². The molecule has 1 unspecified atom stereocenters. The molecule has 6 heteroatoms. The van der Waals surface area contributed by atoms with E-state index in [1.807, 2.05) is 48.5 Å². The molecule has 0 saturated heterocycles. The Labute approximate surface area is 168 Å². The number of amides is 2. The molecule has 2 N–H and O–H groups in total. The number of fused-ring (bicyclic) bond motifs is 3. The van der Waals surface area contributed by atoms with Crippen LogP contribution in [0, 0.1) is 0 Å². The fraction of sp³-hybridized carbons (Fsp3) is 0.217. The molecule has 1 aromatic carbocycles. The molecule has 3 heterocycles. The summed E-state index contributed by atoms with van der Waals surface area (Å²) < 4.78 is 0. The van der Waals surface area contributed by atoms with E-state index >= 15 is 0 Å². The Hall–Kier alpha value is -3.54. The van der Waals surface area contributed by atoms with Crippen LogP contribution in [0.1, 0.15) is 32.7 Å². The highest BCUT2D eigenvalue weighted by atomic mass is 16.2. The monoisotopic (exact) mass is 384 g/mol. The maximum absolute atomic E-state index is 12.8. The summed E-state index contributed by atoms with van der Waals surface area (Å²) in [5.74, 6) is 0.413. The fourth-order valence-electron chi connectivity index (χ4n) is 4.33. The van der Waals surface area contributed by atoms with E-state index in [9.17, 15) is 9.59 Å². The van der Waals surface area contributed by atoms with Crippen LogP contribution in [0.25, 0.3) is 0 Å². The van der Waals surface area contributed by atoms with Crippen molar-refractivity contribution in [2.24, 2.45) is 0 Å². The molecule has 2 aliphatic rings. The number of rotatable bonds is 4. The summed E-state index contributed by atoms with van der Waals surface area (Å²) in [4.78, 5) is 34.0. The number of carbonyl (C=O) groups excluding carboxylic acids is 2. The number of hydrogen-bond donors (Lipinski definition) is 2. The standard InChI is InChI=1S/C23H20N4O2/c28-21(25-10-8-15-5-2-1-3-6-15)19-11-16-12-23(13-17(16)14-26-19)18-7-4-9-24-20(18)27-22(23)29/h1-7,9,11,14H,8,10,12-13H2,(H,25,28)(H,24,27,29). The Balaban J connectivity index is 1.32. The van der Waals surface area contributed by atoms with Gasteiger partial charge < -0.3 is 10.6 Å². The van der Waals surface area contributed by atoms with Crippen molar-refractivity contribution in [2.45, 2.75) is 24.7 Å². The maximum atomic E-state index is 12.8. The summed E-state index contributed by atoms with van der Waals surface area (Å²) in [6.45, 7) is 0.549. The van der Waals surface area contributed by atoms with E-state index < -0.39 is 5.41 Å². The number of benzene rings is 1. The first-order chi connectivity index (χ1) is 14.2. The van der Waals surface area contributed by atoms with Crippen LogP contribution >= 0.6 is 0 Å². The highest BCUT2D eigenvalue weighted by Crippen LogP contribution is 2.46. The first-order valence-electron chi connectivity index (χ1n) is 9.73. The smallest absolute Gasteiger partial charge is 0.269 e. The highest BCUT2D eigenvalue weighted by molar-refractivity contribution is 6.06. The SMILES string of the molecule is O=C(NCCc1ccccc1)c1cc2c(cn1)CC1(C2)C(=O)Nc2ncccc21. The molecule has 29 heavy (non-hydrogen) atoms. The number of aromatic nitrogens is 2. The van der Waals surface area contributed by atoms with E-state index in [1.54, 1.807) is 12.4 Å². The van der Waals surface area contributed by atoms with Crippen LogP contribution < -0.4 is 10.6 Å². The topological polar surface area (TPSA) is 84.0 Å². The van der Waals surface area contributed by atoms with Crippen molar-refractivity contribution in [2.75, 3.05) is 11.9 Å². The molecule has 144 valence electrons. The van der Waals surface area contributed by atoms with E-state index in [0.29, 0.717) is 30.9 Å². The van der Waals surface area contributed by atoms with Crippen molar-refractivity contribution in [3.8, 4) is 0 Å². The Morgan fingerprint density at radius 3 is 2.76 bits per heavy atom. The highest BCUT2D eigenvalue weighted by Gasteiger charge is 2.51. The molecule has 5 rings (SSSR count). The molecule has 2 amide bonds. The van der Waals surface area contributed by atoms with Gasteiger partial charge in [-0.05, 0) is 48.1 Å². The van der Waals surface area contributed by atoms with E-state index in [1.165, 1.54) is 5.56 Å². The molecular weight excluding hydrogens is 364 g/mol. The molecule has 0 saturated carbocycles. The zero-order valence-electron chi connectivity index (χ0n) is 15.8. The minimum absolute atomic E-state index is 0.0312. The van der Waals surface area contributed by atoms with Gasteiger partial charge in [0.2, 0.25) is 5.91 Å². The van der Waals surface area contributed by atoms with E-state index in [-0.39, 0.29) is 11.8 Å². The van der Waals surface area contributed by atoms with Crippen molar-refractivity contribution in [3.63, 3.8) is 0 Å². The maximum Gasteiger partial charge on any atom is 0.269 e. The third kappa shape index (κ3) is 2.97. The Morgan fingerprint density at radius 2 is 1.90 bits per heavy atom. The first kappa shape index (κ1) is 17.6. The molecule has 1 aliphatic heterocycles. The number of anilines is 1. The molecule has 0 fully saturated rings. The molecule has 6 nitrogen and oxygen atoms in total. The summed E-state index contributed by atoms with van der Waals surface area (Å²) in [7, 11) is 0. The lowest BCUT2D eigenvalue weighted by Gasteiger charge is -2.20. The predicted molar refractivity (Wildman–Crippen MR) is 109 cm³/mol. The van der Waals surface area contributed by atoms with Crippen LogP contribution in [0.2, 0.25) is 0 Å². The lowest BCUT2D eigenvalue weighted by molar-refractivity contribution is -0.120. The molecule has 2 aromatic heterocycles. The number of nitrogens with zero attached hydrogens (tertiary/aromatic N) is 2. The second-order valence-electron chi connectivity index (χ2n) is 7.62. The van der Waals surface area contributed by atoms with Crippen LogP contribution in [0.4, 0.5) is 5.82 Å². The summed E-state index contributed by atoms with van der Waals surface area (Å²) in [6, 6.07) is 15.7. The minimum Gasteiger partial charge on any atom is -0.350 e. The summed E-state index contributed by atoms with van der Waals surface area (Å²) in [6.07, 6.45) is 5.32. The Bertz CT molecular complexity index is 1110. The van der Waals surface area contributed by atoms with Gasteiger partial charge in [0.25, 0.3) is 5.91 Å². The quantitative estimate of drug-likeness (QED) is 0.724. The number of nitrogens with one attached hydrogen (secondary N) is 2. The van der Waals surface area contributed by atoms with Crippen molar-refractivity contribution in [3.05, 3.63) is 88.9 Å². The summed E-state index contributed by atoms with van der Waals surface area (Å²) in [5, 5.41) is 5.83. The zero-order valence-corrected chi connectivity index (χ0v) is 15.8. The lowest BCUT2D eigenvalue weighted by Crippen LogP contribution is -2.35. The van der Waals surface area contributed by atoms with Crippen LogP contribution in [-0.4, -0.2) is 28.3 Å². The molecule has 0 radical (unpaired) electrons. The number of pyridine rings is 2. The number of hydrogen-bond acceptors (Lipinski definition) is 4. The summed E-state index contributed by atoms with van der Waals surface area (Å²) in [5.41, 5.74) is 3.86. The Morgan fingerprint density at radius 1 is 1.07 bits per heavy atom.